The van der Waals surface area contributed by atoms with Crippen molar-refractivity contribution < 1.29 is 14.6 Å². The molecular formula is C16H25NO3. The minimum Gasteiger partial charge on any atom is -0.491 e. The summed E-state index contributed by atoms with van der Waals surface area (Å²) in [6, 6.07) is 7.65. The first-order valence-electron chi connectivity index (χ1n) is 7.18. The molecule has 0 saturated carbocycles. The fourth-order valence-electron chi connectivity index (χ4n) is 1.91. The second-order valence-corrected chi connectivity index (χ2v) is 5.22. The van der Waals surface area contributed by atoms with Crippen LogP contribution in [0.3, 0.4) is 0 Å². The number of aliphatic hydroxyl groups excluding tert-OH is 1. The Labute approximate surface area is 121 Å². The molecule has 2 atom stereocenters. The number of rotatable bonds is 8. The summed E-state index contributed by atoms with van der Waals surface area (Å²) in [5.74, 6) is 0.709. The van der Waals surface area contributed by atoms with Gasteiger partial charge in [0.2, 0.25) is 5.91 Å². The van der Waals surface area contributed by atoms with Gasteiger partial charge in [-0.25, -0.2) is 0 Å². The van der Waals surface area contributed by atoms with E-state index in [0.717, 1.165) is 24.2 Å². The summed E-state index contributed by atoms with van der Waals surface area (Å²) in [4.78, 5) is 11.7. The van der Waals surface area contributed by atoms with Crippen molar-refractivity contribution in [3.05, 3.63) is 29.8 Å². The second-order valence-electron chi connectivity index (χ2n) is 5.22. The Balaban J connectivity index is 2.26. The van der Waals surface area contributed by atoms with Crippen LogP contribution in [0.1, 0.15) is 32.3 Å². The van der Waals surface area contributed by atoms with Crippen LogP contribution in [0.5, 0.6) is 5.75 Å². The summed E-state index contributed by atoms with van der Waals surface area (Å²) in [5, 5.41) is 12.5. The first-order valence-corrected chi connectivity index (χ1v) is 7.18. The van der Waals surface area contributed by atoms with Crippen LogP contribution in [-0.4, -0.2) is 30.3 Å². The molecule has 1 rings (SSSR count). The maximum Gasteiger partial charge on any atom is 0.222 e. The van der Waals surface area contributed by atoms with Gasteiger partial charge in [-0.2, -0.15) is 0 Å². The van der Waals surface area contributed by atoms with Gasteiger partial charge >= 0.3 is 0 Å². The molecule has 112 valence electrons. The Bertz CT molecular complexity index is 420. The van der Waals surface area contributed by atoms with Crippen LogP contribution in [0.2, 0.25) is 0 Å². The van der Waals surface area contributed by atoms with Crippen molar-refractivity contribution in [2.45, 2.75) is 39.7 Å². The molecular weight excluding hydrogens is 254 g/mol. The summed E-state index contributed by atoms with van der Waals surface area (Å²) in [6.07, 6.45) is 1.14. The molecule has 1 aromatic carbocycles. The van der Waals surface area contributed by atoms with Gasteiger partial charge in [0.05, 0.1) is 0 Å². The highest BCUT2D eigenvalue weighted by molar-refractivity contribution is 5.78. The average molecular weight is 279 g/mol. The number of nitrogens with one attached hydrogen (secondary N) is 1. The van der Waals surface area contributed by atoms with E-state index in [4.69, 9.17) is 4.74 Å². The molecule has 0 heterocycles. The standard InChI is InChI=1S/C16H25NO3/c1-4-6-13(3)16(19)17-10-14(18)11-20-15-8-5-7-12(2)9-15/h5,7-9,13-14,18H,4,6,10-11H2,1-3H3,(H,17,19). The number of ether oxygens (including phenoxy) is 1. The predicted molar refractivity (Wildman–Crippen MR) is 79.8 cm³/mol. The van der Waals surface area contributed by atoms with E-state index in [1.54, 1.807) is 0 Å². The van der Waals surface area contributed by atoms with Gasteiger partial charge in [0.1, 0.15) is 18.5 Å². The predicted octanol–water partition coefficient (Wildman–Crippen LogP) is 2.29. The number of aliphatic hydroxyl groups is 1. The molecule has 0 bridgehead atoms. The van der Waals surface area contributed by atoms with Crippen LogP contribution >= 0.6 is 0 Å². The first kappa shape index (κ1) is 16.5. The number of carbonyl (C=O) groups is 1. The summed E-state index contributed by atoms with van der Waals surface area (Å²) >= 11 is 0. The smallest absolute Gasteiger partial charge is 0.222 e. The fraction of sp³-hybridized carbons (Fsp3) is 0.562. The lowest BCUT2D eigenvalue weighted by molar-refractivity contribution is -0.125. The quantitative estimate of drug-likeness (QED) is 0.767. The van der Waals surface area contributed by atoms with Crippen molar-refractivity contribution in [3.63, 3.8) is 0 Å². The Kier molecular flexibility index (Phi) is 7.09. The van der Waals surface area contributed by atoms with Crippen molar-refractivity contribution in [1.82, 2.24) is 5.32 Å². The van der Waals surface area contributed by atoms with Crippen molar-refractivity contribution in [2.75, 3.05) is 13.2 Å². The van der Waals surface area contributed by atoms with Crippen molar-refractivity contribution in [1.29, 1.82) is 0 Å². The van der Waals surface area contributed by atoms with Crippen LogP contribution in [0.4, 0.5) is 0 Å². The lowest BCUT2D eigenvalue weighted by Gasteiger charge is -2.15. The first-order chi connectivity index (χ1) is 9.52. The summed E-state index contributed by atoms with van der Waals surface area (Å²) < 4.78 is 5.49. The third-order valence-corrected chi connectivity index (χ3v) is 3.11. The third kappa shape index (κ3) is 6.06. The number of amides is 1. The highest BCUT2D eigenvalue weighted by Gasteiger charge is 2.13. The molecule has 2 unspecified atom stereocenters. The van der Waals surface area contributed by atoms with Gasteiger partial charge in [-0.3, -0.25) is 4.79 Å². The fourth-order valence-corrected chi connectivity index (χ4v) is 1.91. The summed E-state index contributed by atoms with van der Waals surface area (Å²) in [7, 11) is 0. The minimum absolute atomic E-state index is 0.00936. The highest BCUT2D eigenvalue weighted by atomic mass is 16.5. The number of hydrogen-bond acceptors (Lipinski definition) is 3. The van der Waals surface area contributed by atoms with E-state index in [1.165, 1.54) is 0 Å². The molecule has 0 aliphatic carbocycles. The summed E-state index contributed by atoms with van der Waals surface area (Å²) in [6.45, 7) is 6.33. The van der Waals surface area contributed by atoms with Gasteiger partial charge in [0.15, 0.2) is 0 Å². The Morgan fingerprint density at radius 2 is 2.20 bits per heavy atom. The van der Waals surface area contributed by atoms with Gasteiger partial charge in [-0.15, -0.1) is 0 Å². The molecule has 4 heteroatoms. The maximum atomic E-state index is 11.7. The molecule has 0 aliphatic rings. The van der Waals surface area contributed by atoms with Crippen LogP contribution in [0, 0.1) is 12.8 Å². The van der Waals surface area contributed by atoms with E-state index in [2.05, 4.69) is 5.32 Å². The zero-order chi connectivity index (χ0) is 15.0. The Hall–Kier alpha value is -1.55. The topological polar surface area (TPSA) is 58.6 Å². The molecule has 0 aliphatic heterocycles. The Morgan fingerprint density at radius 3 is 2.85 bits per heavy atom. The van der Waals surface area contributed by atoms with E-state index in [1.807, 2.05) is 45.0 Å². The van der Waals surface area contributed by atoms with E-state index in [-0.39, 0.29) is 25.0 Å². The normalized spacial score (nSPS) is 13.6. The molecule has 0 aromatic heterocycles. The Morgan fingerprint density at radius 1 is 1.45 bits per heavy atom. The molecule has 0 radical (unpaired) electrons. The number of hydrogen-bond donors (Lipinski definition) is 2. The van der Waals surface area contributed by atoms with Gasteiger partial charge in [-0.1, -0.05) is 32.4 Å². The largest absolute Gasteiger partial charge is 0.491 e. The number of carbonyl (C=O) groups excluding carboxylic acids is 1. The SMILES string of the molecule is CCCC(C)C(=O)NCC(O)COc1cccc(C)c1. The lowest BCUT2D eigenvalue weighted by Crippen LogP contribution is -2.37. The molecule has 2 N–H and O–H groups in total. The molecule has 0 saturated heterocycles. The van der Waals surface area contributed by atoms with Crippen molar-refractivity contribution in [2.24, 2.45) is 5.92 Å². The number of aryl methyl sites for hydroxylation is 1. The van der Waals surface area contributed by atoms with Crippen molar-refractivity contribution >= 4 is 5.91 Å². The zero-order valence-electron chi connectivity index (χ0n) is 12.6. The maximum absolute atomic E-state index is 11.7. The van der Waals surface area contributed by atoms with E-state index in [9.17, 15) is 9.90 Å². The lowest BCUT2D eigenvalue weighted by atomic mass is 10.1. The van der Waals surface area contributed by atoms with Gasteiger partial charge in [0, 0.05) is 12.5 Å². The summed E-state index contributed by atoms with van der Waals surface area (Å²) in [5.41, 5.74) is 1.11. The van der Waals surface area contributed by atoms with Crippen LogP contribution in [0.15, 0.2) is 24.3 Å². The molecule has 0 fully saturated rings. The van der Waals surface area contributed by atoms with E-state index < -0.39 is 6.10 Å². The van der Waals surface area contributed by atoms with Crippen molar-refractivity contribution in [3.8, 4) is 5.75 Å². The monoisotopic (exact) mass is 279 g/mol. The second kappa shape index (κ2) is 8.59. The molecule has 1 aromatic rings. The average Bonchev–Trinajstić information content (AvgIpc) is 2.42. The zero-order valence-corrected chi connectivity index (χ0v) is 12.6. The van der Waals surface area contributed by atoms with Gasteiger partial charge in [-0.05, 0) is 31.0 Å². The van der Waals surface area contributed by atoms with E-state index in [0.29, 0.717) is 0 Å². The van der Waals surface area contributed by atoms with Crippen LogP contribution in [-0.2, 0) is 4.79 Å². The highest BCUT2D eigenvalue weighted by Crippen LogP contribution is 2.12. The van der Waals surface area contributed by atoms with Crippen LogP contribution < -0.4 is 10.1 Å². The van der Waals surface area contributed by atoms with Gasteiger partial charge in [0.25, 0.3) is 0 Å². The minimum atomic E-state index is -0.701. The molecule has 1 amide bonds. The molecule has 4 nitrogen and oxygen atoms in total. The molecule has 0 spiro atoms. The van der Waals surface area contributed by atoms with E-state index >= 15 is 0 Å². The molecule has 20 heavy (non-hydrogen) atoms. The third-order valence-electron chi connectivity index (χ3n) is 3.11. The van der Waals surface area contributed by atoms with Crippen LogP contribution in [0.25, 0.3) is 0 Å². The van der Waals surface area contributed by atoms with Gasteiger partial charge < -0.3 is 15.2 Å². The number of benzene rings is 1.